The van der Waals surface area contributed by atoms with Crippen LogP contribution in [0.15, 0.2) is 28.8 Å². The van der Waals surface area contributed by atoms with Crippen molar-refractivity contribution in [3.8, 4) is 5.75 Å². The molecule has 0 bridgehead atoms. The van der Waals surface area contributed by atoms with E-state index in [4.69, 9.17) is 9.26 Å². The van der Waals surface area contributed by atoms with Crippen molar-refractivity contribution >= 4 is 5.91 Å². The van der Waals surface area contributed by atoms with Crippen molar-refractivity contribution in [2.75, 3.05) is 53.9 Å². The van der Waals surface area contributed by atoms with Crippen LogP contribution in [-0.2, 0) is 17.8 Å². The Labute approximate surface area is 192 Å². The SMILES string of the molecule is COc1ccccc1CN1CCC[C@H](CN(CCN(C)C)C(=O)Cc2c(C)noc2C)C1. The van der Waals surface area contributed by atoms with Crippen LogP contribution >= 0.6 is 0 Å². The van der Waals surface area contributed by atoms with Gasteiger partial charge in [-0.05, 0) is 59.3 Å². The number of likely N-dealkylation sites (N-methyl/N-ethyl adjacent to an activating group) is 1. The lowest BCUT2D eigenvalue weighted by Gasteiger charge is -2.36. The van der Waals surface area contributed by atoms with E-state index in [1.165, 1.54) is 5.56 Å². The van der Waals surface area contributed by atoms with Gasteiger partial charge in [-0.1, -0.05) is 23.4 Å². The number of likely N-dealkylation sites (tertiary alicyclic amines) is 1. The molecule has 1 aromatic carbocycles. The molecule has 1 fully saturated rings. The van der Waals surface area contributed by atoms with E-state index in [0.717, 1.165) is 74.9 Å². The molecule has 0 unspecified atom stereocenters. The molecule has 0 aliphatic carbocycles. The number of aryl methyl sites for hydroxylation is 2. The van der Waals surface area contributed by atoms with Gasteiger partial charge in [0.05, 0.1) is 19.2 Å². The van der Waals surface area contributed by atoms with E-state index in [1.807, 2.05) is 45.0 Å². The number of carbonyl (C=O) groups excluding carboxylic acids is 1. The molecule has 2 aromatic rings. The molecule has 0 saturated carbocycles. The van der Waals surface area contributed by atoms with Crippen LogP contribution in [0.1, 0.15) is 35.4 Å². The van der Waals surface area contributed by atoms with Gasteiger partial charge in [0, 0.05) is 43.9 Å². The maximum absolute atomic E-state index is 13.3. The number of para-hydroxylation sites is 1. The summed E-state index contributed by atoms with van der Waals surface area (Å²) in [6, 6.07) is 8.23. The minimum absolute atomic E-state index is 0.156. The molecule has 1 amide bonds. The third-order valence-electron chi connectivity index (χ3n) is 6.35. The normalized spacial score (nSPS) is 17.0. The number of rotatable bonds is 10. The van der Waals surface area contributed by atoms with E-state index in [9.17, 15) is 4.79 Å². The molecule has 1 atom stereocenters. The van der Waals surface area contributed by atoms with E-state index in [1.54, 1.807) is 7.11 Å². The Morgan fingerprint density at radius 1 is 1.25 bits per heavy atom. The molecule has 7 heteroatoms. The van der Waals surface area contributed by atoms with Crippen molar-refractivity contribution < 1.29 is 14.1 Å². The van der Waals surface area contributed by atoms with Gasteiger partial charge in [0.1, 0.15) is 11.5 Å². The fourth-order valence-corrected chi connectivity index (χ4v) is 4.49. The van der Waals surface area contributed by atoms with Crippen LogP contribution in [0.25, 0.3) is 0 Å². The smallest absolute Gasteiger partial charge is 0.227 e. The number of hydrogen-bond acceptors (Lipinski definition) is 6. The lowest BCUT2D eigenvalue weighted by Crippen LogP contribution is -2.45. The average Bonchev–Trinajstić information content (AvgIpc) is 3.09. The second-order valence-corrected chi connectivity index (χ2v) is 9.18. The minimum atomic E-state index is 0.156. The van der Waals surface area contributed by atoms with E-state index >= 15 is 0 Å². The van der Waals surface area contributed by atoms with Crippen molar-refractivity contribution in [1.82, 2.24) is 19.9 Å². The predicted molar refractivity (Wildman–Crippen MR) is 126 cm³/mol. The number of ether oxygens (including phenoxy) is 1. The Morgan fingerprint density at radius 3 is 2.72 bits per heavy atom. The van der Waals surface area contributed by atoms with Gasteiger partial charge in [-0.3, -0.25) is 9.69 Å². The Bertz CT molecular complexity index is 860. The van der Waals surface area contributed by atoms with Crippen molar-refractivity contribution in [2.45, 2.75) is 39.7 Å². The number of nitrogens with zero attached hydrogens (tertiary/aromatic N) is 4. The summed E-state index contributed by atoms with van der Waals surface area (Å²) in [5.41, 5.74) is 2.95. The van der Waals surface area contributed by atoms with E-state index in [2.05, 4.69) is 27.1 Å². The molecule has 1 aliphatic heterocycles. The molecule has 176 valence electrons. The number of carbonyl (C=O) groups is 1. The van der Waals surface area contributed by atoms with Crippen LogP contribution in [0.5, 0.6) is 5.75 Å². The Morgan fingerprint density at radius 2 is 2.03 bits per heavy atom. The molecule has 1 aliphatic rings. The highest BCUT2D eigenvalue weighted by molar-refractivity contribution is 5.79. The highest BCUT2D eigenvalue weighted by atomic mass is 16.5. The van der Waals surface area contributed by atoms with Crippen molar-refractivity contribution in [2.24, 2.45) is 5.92 Å². The van der Waals surface area contributed by atoms with Gasteiger partial charge in [0.15, 0.2) is 0 Å². The summed E-state index contributed by atoms with van der Waals surface area (Å²) >= 11 is 0. The molecule has 3 rings (SSSR count). The molecule has 0 radical (unpaired) electrons. The van der Waals surface area contributed by atoms with Crippen LogP contribution in [0.4, 0.5) is 0 Å². The van der Waals surface area contributed by atoms with Crippen molar-refractivity contribution in [1.29, 1.82) is 0 Å². The Kier molecular flexibility index (Phi) is 8.70. The standard InChI is InChI=1S/C25H38N4O3/c1-19-23(20(2)32-26-19)15-25(30)29(14-13-27(3)4)17-21-9-8-12-28(16-21)18-22-10-6-7-11-24(22)31-5/h6-7,10-11,21H,8-9,12-18H2,1-5H3/t21-/m0/s1. The summed E-state index contributed by atoms with van der Waals surface area (Å²) in [4.78, 5) is 19.9. The fraction of sp³-hybridized carbons (Fsp3) is 0.600. The first-order valence-corrected chi connectivity index (χ1v) is 11.6. The van der Waals surface area contributed by atoms with Gasteiger partial charge in [-0.15, -0.1) is 0 Å². The average molecular weight is 443 g/mol. The van der Waals surface area contributed by atoms with Gasteiger partial charge >= 0.3 is 0 Å². The molecule has 1 aromatic heterocycles. The van der Waals surface area contributed by atoms with Crippen LogP contribution in [-0.4, -0.2) is 79.7 Å². The predicted octanol–water partition coefficient (Wildman–Crippen LogP) is 3.14. The Hall–Kier alpha value is -2.38. The van der Waals surface area contributed by atoms with Gasteiger partial charge < -0.3 is 19.1 Å². The van der Waals surface area contributed by atoms with Crippen molar-refractivity contribution in [3.05, 3.63) is 46.8 Å². The topological polar surface area (TPSA) is 62.1 Å². The zero-order valence-electron chi connectivity index (χ0n) is 20.3. The molecule has 7 nitrogen and oxygen atoms in total. The Balaban J connectivity index is 1.64. The molecule has 32 heavy (non-hydrogen) atoms. The highest BCUT2D eigenvalue weighted by Gasteiger charge is 2.26. The number of hydrogen-bond donors (Lipinski definition) is 0. The third-order valence-corrected chi connectivity index (χ3v) is 6.35. The van der Waals surface area contributed by atoms with Crippen LogP contribution in [0.2, 0.25) is 0 Å². The third kappa shape index (κ3) is 6.56. The van der Waals surface area contributed by atoms with Crippen LogP contribution in [0, 0.1) is 19.8 Å². The quantitative estimate of drug-likeness (QED) is 0.563. The zero-order chi connectivity index (χ0) is 23.1. The first-order valence-electron chi connectivity index (χ1n) is 11.6. The zero-order valence-corrected chi connectivity index (χ0v) is 20.3. The minimum Gasteiger partial charge on any atom is -0.496 e. The monoisotopic (exact) mass is 442 g/mol. The molecule has 1 saturated heterocycles. The number of piperidine rings is 1. The summed E-state index contributed by atoms with van der Waals surface area (Å²) in [7, 11) is 5.82. The first kappa shape index (κ1) is 24.3. The second kappa shape index (κ2) is 11.5. The lowest BCUT2D eigenvalue weighted by atomic mass is 9.96. The van der Waals surface area contributed by atoms with E-state index in [0.29, 0.717) is 12.3 Å². The summed E-state index contributed by atoms with van der Waals surface area (Å²) in [5.74, 6) is 2.30. The maximum Gasteiger partial charge on any atom is 0.227 e. The number of amides is 1. The fourth-order valence-electron chi connectivity index (χ4n) is 4.49. The molecule has 0 N–H and O–H groups in total. The summed E-state index contributed by atoms with van der Waals surface area (Å²) in [5, 5.41) is 4.01. The van der Waals surface area contributed by atoms with Crippen LogP contribution in [0.3, 0.4) is 0 Å². The van der Waals surface area contributed by atoms with Crippen LogP contribution < -0.4 is 4.74 Å². The van der Waals surface area contributed by atoms with Crippen molar-refractivity contribution in [3.63, 3.8) is 0 Å². The van der Waals surface area contributed by atoms with Gasteiger partial charge in [0.25, 0.3) is 0 Å². The maximum atomic E-state index is 13.3. The molecular weight excluding hydrogens is 404 g/mol. The highest BCUT2D eigenvalue weighted by Crippen LogP contribution is 2.24. The van der Waals surface area contributed by atoms with E-state index in [-0.39, 0.29) is 5.91 Å². The lowest BCUT2D eigenvalue weighted by molar-refractivity contribution is -0.131. The molecule has 2 heterocycles. The van der Waals surface area contributed by atoms with E-state index < -0.39 is 0 Å². The van der Waals surface area contributed by atoms with Gasteiger partial charge in [0.2, 0.25) is 5.91 Å². The summed E-state index contributed by atoms with van der Waals surface area (Å²) in [6.45, 7) is 9.12. The molecular formula is C25H38N4O3. The number of aromatic nitrogens is 1. The molecule has 0 spiro atoms. The summed E-state index contributed by atoms with van der Waals surface area (Å²) in [6.07, 6.45) is 2.66. The first-order chi connectivity index (χ1) is 15.4. The number of benzene rings is 1. The van der Waals surface area contributed by atoms with Gasteiger partial charge in [-0.25, -0.2) is 0 Å². The number of methoxy groups -OCH3 is 1. The van der Waals surface area contributed by atoms with Gasteiger partial charge in [-0.2, -0.15) is 0 Å². The summed E-state index contributed by atoms with van der Waals surface area (Å²) < 4.78 is 10.8. The largest absolute Gasteiger partial charge is 0.496 e. The second-order valence-electron chi connectivity index (χ2n) is 9.18.